The summed E-state index contributed by atoms with van der Waals surface area (Å²) in [4.78, 5) is 3.09. The summed E-state index contributed by atoms with van der Waals surface area (Å²) in [6, 6.07) is 3.49. The lowest BCUT2D eigenvalue weighted by Gasteiger charge is -2.03. The van der Waals surface area contributed by atoms with Crippen molar-refractivity contribution in [3.8, 4) is 11.5 Å². The molecule has 2 aromatic rings. The van der Waals surface area contributed by atoms with Gasteiger partial charge in [-0.2, -0.15) is 0 Å². The summed E-state index contributed by atoms with van der Waals surface area (Å²) < 4.78 is 5.06. The van der Waals surface area contributed by atoms with Gasteiger partial charge < -0.3 is 20.6 Å². The third-order valence-corrected chi connectivity index (χ3v) is 2.48. The van der Waals surface area contributed by atoms with Crippen molar-refractivity contribution in [2.24, 2.45) is 5.73 Å². The van der Waals surface area contributed by atoms with E-state index in [9.17, 15) is 5.11 Å². The van der Waals surface area contributed by atoms with Crippen molar-refractivity contribution in [2.75, 3.05) is 13.7 Å². The molecule has 0 bridgehead atoms. The number of hydrogen-bond acceptors (Lipinski definition) is 3. The van der Waals surface area contributed by atoms with E-state index in [1.165, 1.54) is 7.11 Å². The number of nitrogens with two attached hydrogens (primary N) is 1. The molecule has 0 aliphatic rings. The number of aromatic hydroxyl groups is 1. The van der Waals surface area contributed by atoms with E-state index in [1.54, 1.807) is 6.07 Å². The molecule has 15 heavy (non-hydrogen) atoms. The number of aromatic amines is 1. The van der Waals surface area contributed by atoms with Gasteiger partial charge in [-0.1, -0.05) is 0 Å². The number of hydrogen-bond donors (Lipinski definition) is 3. The van der Waals surface area contributed by atoms with E-state index in [4.69, 9.17) is 10.5 Å². The zero-order valence-corrected chi connectivity index (χ0v) is 8.58. The largest absolute Gasteiger partial charge is 0.504 e. The Hall–Kier alpha value is -1.68. The number of fused-ring (bicyclic) bond motifs is 1. The van der Waals surface area contributed by atoms with Crippen molar-refractivity contribution in [1.82, 2.24) is 4.98 Å². The summed E-state index contributed by atoms with van der Waals surface area (Å²) in [6.07, 6.45) is 2.73. The van der Waals surface area contributed by atoms with Crippen LogP contribution in [-0.2, 0) is 6.42 Å². The molecule has 0 radical (unpaired) electrons. The highest BCUT2D eigenvalue weighted by atomic mass is 16.5. The van der Waals surface area contributed by atoms with Crippen molar-refractivity contribution in [2.45, 2.75) is 6.42 Å². The van der Waals surface area contributed by atoms with Crippen LogP contribution in [0.5, 0.6) is 11.5 Å². The second-order valence-corrected chi connectivity index (χ2v) is 3.42. The van der Waals surface area contributed by atoms with E-state index in [2.05, 4.69) is 4.98 Å². The molecule has 0 saturated heterocycles. The molecule has 80 valence electrons. The number of phenolic OH excluding ortho intramolecular Hbond substituents is 1. The predicted octanol–water partition coefficient (Wildman–Crippen LogP) is 1.38. The van der Waals surface area contributed by atoms with Crippen molar-refractivity contribution >= 4 is 10.9 Å². The molecule has 1 aromatic heterocycles. The minimum absolute atomic E-state index is 0.145. The lowest BCUT2D eigenvalue weighted by molar-refractivity contribution is 0.374. The summed E-state index contributed by atoms with van der Waals surface area (Å²) in [5, 5.41) is 10.6. The number of aromatic nitrogens is 1. The van der Waals surface area contributed by atoms with Crippen LogP contribution in [-0.4, -0.2) is 23.7 Å². The molecule has 4 heteroatoms. The van der Waals surface area contributed by atoms with Crippen LogP contribution < -0.4 is 10.5 Å². The van der Waals surface area contributed by atoms with Crippen LogP contribution in [0.4, 0.5) is 0 Å². The van der Waals surface area contributed by atoms with Crippen molar-refractivity contribution in [3.63, 3.8) is 0 Å². The van der Waals surface area contributed by atoms with Gasteiger partial charge in [0.25, 0.3) is 0 Å². The van der Waals surface area contributed by atoms with Crippen molar-refractivity contribution in [1.29, 1.82) is 0 Å². The number of ether oxygens (including phenoxy) is 1. The lowest BCUT2D eigenvalue weighted by atomic mass is 10.1. The molecule has 0 aliphatic carbocycles. The average Bonchev–Trinajstić information content (AvgIpc) is 2.60. The monoisotopic (exact) mass is 206 g/mol. The molecule has 0 fully saturated rings. The van der Waals surface area contributed by atoms with Gasteiger partial charge in [0.15, 0.2) is 11.5 Å². The summed E-state index contributed by atoms with van der Waals surface area (Å²) in [6.45, 7) is 0.607. The first-order chi connectivity index (χ1) is 7.26. The van der Waals surface area contributed by atoms with Gasteiger partial charge >= 0.3 is 0 Å². The number of rotatable bonds is 3. The zero-order chi connectivity index (χ0) is 10.8. The second kappa shape index (κ2) is 3.82. The molecule has 0 spiro atoms. The van der Waals surface area contributed by atoms with Gasteiger partial charge in [-0.25, -0.2) is 0 Å². The number of H-pyrrole nitrogens is 1. The van der Waals surface area contributed by atoms with E-state index in [0.717, 1.165) is 22.9 Å². The second-order valence-electron chi connectivity index (χ2n) is 3.42. The fourth-order valence-corrected chi connectivity index (χ4v) is 1.72. The molecule has 0 saturated carbocycles. The molecule has 2 rings (SSSR count). The standard InChI is InChI=1S/C11H14N2O2/c1-15-11-4-8-7(2-3-12)6-13-9(8)5-10(11)14/h4-6,13-14H,2-3,12H2,1H3. The SMILES string of the molecule is COc1cc2c(CCN)c[nH]c2cc1O. The highest BCUT2D eigenvalue weighted by Gasteiger charge is 2.08. The number of phenols is 1. The average molecular weight is 206 g/mol. The molecule has 4 N–H and O–H groups in total. The van der Waals surface area contributed by atoms with Crippen molar-refractivity contribution in [3.05, 3.63) is 23.9 Å². The Morgan fingerprint density at radius 1 is 1.47 bits per heavy atom. The molecule has 1 aromatic carbocycles. The zero-order valence-electron chi connectivity index (χ0n) is 8.58. The third kappa shape index (κ3) is 1.64. The Morgan fingerprint density at radius 3 is 2.93 bits per heavy atom. The normalized spacial score (nSPS) is 10.8. The molecule has 0 aliphatic heterocycles. The highest BCUT2D eigenvalue weighted by Crippen LogP contribution is 2.32. The Labute approximate surface area is 87.7 Å². The fraction of sp³-hybridized carbons (Fsp3) is 0.273. The van der Waals surface area contributed by atoms with Gasteiger partial charge in [0, 0.05) is 23.2 Å². The van der Waals surface area contributed by atoms with E-state index >= 15 is 0 Å². The lowest BCUT2D eigenvalue weighted by Crippen LogP contribution is -2.01. The van der Waals surface area contributed by atoms with Crippen LogP contribution in [0.15, 0.2) is 18.3 Å². The van der Waals surface area contributed by atoms with Crippen LogP contribution in [0, 0.1) is 0 Å². The fourth-order valence-electron chi connectivity index (χ4n) is 1.72. The van der Waals surface area contributed by atoms with Crippen LogP contribution in [0.1, 0.15) is 5.56 Å². The van der Waals surface area contributed by atoms with E-state index in [-0.39, 0.29) is 5.75 Å². The molecule has 0 amide bonds. The maximum absolute atomic E-state index is 9.58. The predicted molar refractivity (Wildman–Crippen MR) is 59.3 cm³/mol. The Bertz CT molecular complexity index is 477. The molecule has 4 nitrogen and oxygen atoms in total. The Morgan fingerprint density at radius 2 is 2.27 bits per heavy atom. The topological polar surface area (TPSA) is 71.3 Å². The van der Waals surface area contributed by atoms with Gasteiger partial charge in [0.05, 0.1) is 7.11 Å². The minimum atomic E-state index is 0.145. The molecule has 1 heterocycles. The summed E-state index contributed by atoms with van der Waals surface area (Å²) in [7, 11) is 1.54. The van der Waals surface area contributed by atoms with Gasteiger partial charge in [-0.15, -0.1) is 0 Å². The molecule has 0 unspecified atom stereocenters. The minimum Gasteiger partial charge on any atom is -0.504 e. The van der Waals surface area contributed by atoms with E-state index in [0.29, 0.717) is 12.3 Å². The third-order valence-electron chi connectivity index (χ3n) is 2.48. The first-order valence-corrected chi connectivity index (χ1v) is 4.83. The maximum atomic E-state index is 9.58. The van der Waals surface area contributed by atoms with Crippen LogP contribution in [0.25, 0.3) is 10.9 Å². The first kappa shape index (κ1) is 9.86. The molecular weight excluding hydrogens is 192 g/mol. The van der Waals surface area contributed by atoms with Gasteiger partial charge in [-0.3, -0.25) is 0 Å². The van der Waals surface area contributed by atoms with Crippen molar-refractivity contribution < 1.29 is 9.84 Å². The Balaban J connectivity index is 2.58. The number of nitrogens with one attached hydrogen (secondary N) is 1. The summed E-state index contributed by atoms with van der Waals surface area (Å²) >= 11 is 0. The maximum Gasteiger partial charge on any atom is 0.161 e. The summed E-state index contributed by atoms with van der Waals surface area (Å²) in [5.41, 5.74) is 7.56. The van der Waals surface area contributed by atoms with Gasteiger partial charge in [-0.05, 0) is 24.6 Å². The van der Waals surface area contributed by atoms with Gasteiger partial charge in [0.1, 0.15) is 0 Å². The van der Waals surface area contributed by atoms with Gasteiger partial charge in [0.2, 0.25) is 0 Å². The Kier molecular flexibility index (Phi) is 2.51. The highest BCUT2D eigenvalue weighted by molar-refractivity contribution is 5.86. The van der Waals surface area contributed by atoms with Crippen LogP contribution in [0.3, 0.4) is 0 Å². The van der Waals surface area contributed by atoms with Crippen LogP contribution in [0.2, 0.25) is 0 Å². The number of methoxy groups -OCH3 is 1. The number of benzene rings is 1. The summed E-state index contributed by atoms with van der Waals surface area (Å²) in [5.74, 6) is 0.631. The smallest absolute Gasteiger partial charge is 0.161 e. The first-order valence-electron chi connectivity index (χ1n) is 4.83. The molecular formula is C11H14N2O2. The van der Waals surface area contributed by atoms with Crippen LogP contribution >= 0.6 is 0 Å². The quantitative estimate of drug-likeness (QED) is 0.710. The van der Waals surface area contributed by atoms with E-state index in [1.807, 2.05) is 12.3 Å². The van der Waals surface area contributed by atoms with E-state index < -0.39 is 0 Å². The molecule has 0 atom stereocenters.